The summed E-state index contributed by atoms with van der Waals surface area (Å²) < 4.78 is 32.5. The highest BCUT2D eigenvalue weighted by Crippen LogP contribution is 2.15. The lowest BCUT2D eigenvalue weighted by Gasteiger charge is -2.27. The molecule has 0 aromatic heterocycles. The highest BCUT2D eigenvalue weighted by atomic mass is 32.2. The largest absolute Gasteiger partial charge is 0.494 e. The van der Waals surface area contributed by atoms with E-state index in [1.54, 1.807) is 29.2 Å². The molecule has 1 fully saturated rings. The van der Waals surface area contributed by atoms with Crippen molar-refractivity contribution in [2.75, 3.05) is 32.8 Å². The Bertz CT molecular complexity index is 564. The van der Waals surface area contributed by atoms with Crippen LogP contribution in [0.5, 0.6) is 5.75 Å². The molecule has 1 aliphatic heterocycles. The van der Waals surface area contributed by atoms with Crippen LogP contribution in [0.25, 0.3) is 0 Å². The Labute approximate surface area is 140 Å². The van der Waals surface area contributed by atoms with Gasteiger partial charge in [-0.25, -0.2) is 13.1 Å². The Kier molecular flexibility index (Phi) is 6.87. The van der Waals surface area contributed by atoms with E-state index in [0.717, 1.165) is 18.9 Å². The van der Waals surface area contributed by atoms with Gasteiger partial charge in [-0.3, -0.25) is 0 Å². The summed E-state index contributed by atoms with van der Waals surface area (Å²) >= 11 is 0. The SMILES string of the molecule is CCOc1ccc(S(=O)(=O)NCCC[NH+]2CCC(C)CC2)cc1. The summed E-state index contributed by atoms with van der Waals surface area (Å²) in [5, 5.41) is 0. The number of hydrogen-bond donors (Lipinski definition) is 2. The van der Waals surface area contributed by atoms with Crippen molar-refractivity contribution in [1.82, 2.24) is 4.72 Å². The Morgan fingerprint density at radius 2 is 1.87 bits per heavy atom. The lowest BCUT2D eigenvalue weighted by atomic mass is 9.99. The monoisotopic (exact) mass is 341 g/mol. The summed E-state index contributed by atoms with van der Waals surface area (Å²) in [6.45, 7) is 8.74. The molecule has 6 heteroatoms. The third-order valence-corrected chi connectivity index (χ3v) is 5.90. The van der Waals surface area contributed by atoms with Crippen LogP contribution in [0.4, 0.5) is 0 Å². The number of quaternary nitrogens is 1. The van der Waals surface area contributed by atoms with Gasteiger partial charge < -0.3 is 9.64 Å². The van der Waals surface area contributed by atoms with E-state index in [1.165, 1.54) is 25.9 Å². The maximum atomic E-state index is 12.2. The number of sulfonamides is 1. The minimum absolute atomic E-state index is 0.292. The van der Waals surface area contributed by atoms with Crippen LogP contribution in [-0.2, 0) is 10.0 Å². The first-order valence-corrected chi connectivity index (χ1v) is 10.1. The van der Waals surface area contributed by atoms with Crippen molar-refractivity contribution >= 4 is 10.0 Å². The van der Waals surface area contributed by atoms with Gasteiger partial charge in [0.1, 0.15) is 5.75 Å². The van der Waals surface area contributed by atoms with E-state index in [4.69, 9.17) is 4.74 Å². The fourth-order valence-corrected chi connectivity index (χ4v) is 4.00. The first-order valence-electron chi connectivity index (χ1n) is 8.57. The zero-order valence-electron chi connectivity index (χ0n) is 14.2. The molecule has 23 heavy (non-hydrogen) atoms. The predicted octanol–water partition coefficient (Wildman–Crippen LogP) is 1.07. The molecule has 1 aliphatic rings. The van der Waals surface area contributed by atoms with E-state index in [0.29, 0.717) is 23.8 Å². The third kappa shape index (κ3) is 5.79. The summed E-state index contributed by atoms with van der Waals surface area (Å²) in [6.07, 6.45) is 3.44. The Balaban J connectivity index is 1.75. The number of hydrogen-bond acceptors (Lipinski definition) is 3. The van der Waals surface area contributed by atoms with Crippen LogP contribution in [-0.4, -0.2) is 41.2 Å². The molecule has 1 saturated heterocycles. The maximum Gasteiger partial charge on any atom is 0.240 e. The van der Waals surface area contributed by atoms with E-state index < -0.39 is 10.0 Å². The van der Waals surface area contributed by atoms with Crippen molar-refractivity contribution in [3.05, 3.63) is 24.3 Å². The molecular weight excluding hydrogens is 312 g/mol. The van der Waals surface area contributed by atoms with E-state index in [9.17, 15) is 8.42 Å². The molecule has 0 amide bonds. The molecule has 0 atom stereocenters. The number of ether oxygens (including phenoxy) is 1. The molecule has 1 aromatic rings. The summed E-state index contributed by atoms with van der Waals surface area (Å²) in [7, 11) is -3.42. The quantitative estimate of drug-likeness (QED) is 0.696. The lowest BCUT2D eigenvalue weighted by Crippen LogP contribution is -3.13. The highest BCUT2D eigenvalue weighted by Gasteiger charge is 2.19. The van der Waals surface area contributed by atoms with Gasteiger partial charge >= 0.3 is 0 Å². The lowest BCUT2D eigenvalue weighted by molar-refractivity contribution is -0.906. The summed E-state index contributed by atoms with van der Waals surface area (Å²) in [5.74, 6) is 1.53. The molecule has 2 rings (SSSR count). The van der Waals surface area contributed by atoms with Gasteiger partial charge in [0, 0.05) is 13.0 Å². The average Bonchev–Trinajstić information content (AvgIpc) is 2.54. The van der Waals surface area contributed by atoms with Gasteiger partial charge in [-0.15, -0.1) is 0 Å². The van der Waals surface area contributed by atoms with Crippen molar-refractivity contribution in [3.63, 3.8) is 0 Å². The molecular formula is C17H29N2O3S+. The fourth-order valence-electron chi connectivity index (χ4n) is 2.93. The first kappa shape index (κ1) is 18.2. The van der Waals surface area contributed by atoms with Gasteiger partial charge in [0.25, 0.3) is 0 Å². The number of benzene rings is 1. The molecule has 0 bridgehead atoms. The molecule has 2 N–H and O–H groups in total. The van der Waals surface area contributed by atoms with Crippen molar-refractivity contribution in [2.24, 2.45) is 5.92 Å². The number of nitrogens with one attached hydrogen (secondary N) is 2. The van der Waals surface area contributed by atoms with Gasteiger partial charge in [0.15, 0.2) is 0 Å². The van der Waals surface area contributed by atoms with Crippen LogP contribution in [0.2, 0.25) is 0 Å². The smallest absolute Gasteiger partial charge is 0.240 e. The van der Waals surface area contributed by atoms with Crippen LogP contribution in [0.15, 0.2) is 29.2 Å². The van der Waals surface area contributed by atoms with Crippen molar-refractivity contribution in [3.8, 4) is 5.75 Å². The van der Waals surface area contributed by atoms with Crippen LogP contribution in [0, 0.1) is 5.92 Å². The van der Waals surface area contributed by atoms with Gasteiger partial charge in [0.2, 0.25) is 10.0 Å². The van der Waals surface area contributed by atoms with Gasteiger partial charge in [-0.2, -0.15) is 0 Å². The second-order valence-corrected chi connectivity index (χ2v) is 8.11. The molecule has 0 spiro atoms. The third-order valence-electron chi connectivity index (χ3n) is 4.43. The maximum absolute atomic E-state index is 12.2. The summed E-state index contributed by atoms with van der Waals surface area (Å²) in [5.41, 5.74) is 0. The standard InChI is InChI=1S/C17H28N2O3S/c1-3-22-16-5-7-17(8-6-16)23(20,21)18-11-4-12-19-13-9-15(2)10-14-19/h5-8,15,18H,3-4,9-14H2,1-2H3/p+1. The summed E-state index contributed by atoms with van der Waals surface area (Å²) in [4.78, 5) is 1.89. The second kappa shape index (κ2) is 8.66. The van der Waals surface area contributed by atoms with Crippen molar-refractivity contribution in [1.29, 1.82) is 0 Å². The van der Waals surface area contributed by atoms with Gasteiger partial charge in [-0.1, -0.05) is 6.92 Å². The number of rotatable bonds is 8. The molecule has 0 saturated carbocycles. The number of piperidine rings is 1. The molecule has 5 nitrogen and oxygen atoms in total. The van der Waals surface area contributed by atoms with E-state index in [-0.39, 0.29) is 0 Å². The van der Waals surface area contributed by atoms with E-state index >= 15 is 0 Å². The van der Waals surface area contributed by atoms with Crippen LogP contribution in [0.3, 0.4) is 0 Å². The van der Waals surface area contributed by atoms with Gasteiger partial charge in [0.05, 0.1) is 31.1 Å². The molecule has 1 heterocycles. The molecule has 130 valence electrons. The fraction of sp³-hybridized carbons (Fsp3) is 0.647. The van der Waals surface area contributed by atoms with Crippen molar-refractivity contribution < 1.29 is 18.1 Å². The number of likely N-dealkylation sites (tertiary alicyclic amines) is 1. The molecule has 0 radical (unpaired) electrons. The van der Waals surface area contributed by atoms with Crippen LogP contribution in [0.1, 0.15) is 33.1 Å². The zero-order valence-corrected chi connectivity index (χ0v) is 15.0. The van der Waals surface area contributed by atoms with Crippen LogP contribution < -0.4 is 14.4 Å². The molecule has 0 unspecified atom stereocenters. The first-order chi connectivity index (χ1) is 11.0. The minimum Gasteiger partial charge on any atom is -0.494 e. The molecule has 0 aliphatic carbocycles. The predicted molar refractivity (Wildman–Crippen MR) is 91.4 cm³/mol. The summed E-state index contributed by atoms with van der Waals surface area (Å²) in [6, 6.07) is 6.56. The Hall–Kier alpha value is -1.11. The van der Waals surface area contributed by atoms with E-state index in [2.05, 4.69) is 11.6 Å². The molecule has 1 aromatic carbocycles. The minimum atomic E-state index is -3.42. The average molecular weight is 341 g/mol. The second-order valence-electron chi connectivity index (χ2n) is 6.34. The zero-order chi connectivity index (χ0) is 16.7. The Morgan fingerprint density at radius 3 is 2.48 bits per heavy atom. The normalized spacial score (nSPS) is 22.0. The van der Waals surface area contributed by atoms with Gasteiger partial charge in [-0.05, 0) is 49.9 Å². The van der Waals surface area contributed by atoms with Crippen molar-refractivity contribution in [2.45, 2.75) is 38.0 Å². The van der Waals surface area contributed by atoms with Crippen LogP contribution >= 0.6 is 0 Å². The Morgan fingerprint density at radius 1 is 1.22 bits per heavy atom. The topological polar surface area (TPSA) is 59.8 Å². The highest BCUT2D eigenvalue weighted by molar-refractivity contribution is 7.89. The van der Waals surface area contributed by atoms with E-state index in [1.807, 2.05) is 6.92 Å².